The molecule has 1 aliphatic rings. The number of para-hydroxylation sites is 1. The summed E-state index contributed by atoms with van der Waals surface area (Å²) in [6.07, 6.45) is 0.244. The van der Waals surface area contributed by atoms with Crippen LogP contribution in [0.4, 0.5) is 0 Å². The molecule has 1 aromatic carbocycles. The van der Waals surface area contributed by atoms with Crippen LogP contribution in [0.2, 0.25) is 0 Å². The van der Waals surface area contributed by atoms with E-state index >= 15 is 0 Å². The number of ether oxygens (including phenoxy) is 3. The van der Waals surface area contributed by atoms with Gasteiger partial charge in [-0.1, -0.05) is 43.9 Å². The highest BCUT2D eigenvalue weighted by molar-refractivity contribution is 5.20. The van der Waals surface area contributed by atoms with Crippen molar-refractivity contribution in [1.29, 1.82) is 0 Å². The van der Waals surface area contributed by atoms with E-state index in [1.807, 2.05) is 30.3 Å². The zero-order valence-electron chi connectivity index (χ0n) is 15.7. The normalized spacial score (nSPS) is 28.2. The second kappa shape index (κ2) is 12.3. The highest BCUT2D eigenvalue weighted by Crippen LogP contribution is 2.22. The summed E-state index contributed by atoms with van der Waals surface area (Å²) in [5, 5.41) is 38.6. The predicted molar refractivity (Wildman–Crippen MR) is 99.4 cm³/mol. The molecule has 1 fully saturated rings. The number of benzene rings is 1. The van der Waals surface area contributed by atoms with Gasteiger partial charge in [0.15, 0.2) is 6.29 Å². The molecule has 5 atom stereocenters. The van der Waals surface area contributed by atoms with Gasteiger partial charge in [0.2, 0.25) is 0 Å². The molecule has 0 aromatic heterocycles. The van der Waals surface area contributed by atoms with Crippen LogP contribution in [0.15, 0.2) is 30.3 Å². The summed E-state index contributed by atoms with van der Waals surface area (Å²) in [4.78, 5) is 0. The Bertz CT molecular complexity index is 498. The van der Waals surface area contributed by atoms with E-state index in [-0.39, 0.29) is 0 Å². The molecule has 0 amide bonds. The van der Waals surface area contributed by atoms with Crippen LogP contribution in [0.25, 0.3) is 0 Å². The summed E-state index contributed by atoms with van der Waals surface area (Å²) >= 11 is 0. The minimum atomic E-state index is -1.46. The molecule has 154 valence electrons. The van der Waals surface area contributed by atoms with Crippen molar-refractivity contribution >= 4 is 0 Å². The summed E-state index contributed by atoms with van der Waals surface area (Å²) in [7, 11) is 0. The van der Waals surface area contributed by atoms with Crippen LogP contribution in [0.5, 0.6) is 5.75 Å². The topological polar surface area (TPSA) is 109 Å². The molecule has 7 heteroatoms. The number of hydrogen-bond acceptors (Lipinski definition) is 7. The minimum absolute atomic E-state index is 0.376. The Balaban J connectivity index is 1.48. The Morgan fingerprint density at radius 2 is 1.44 bits per heavy atom. The summed E-state index contributed by atoms with van der Waals surface area (Å²) in [5.74, 6) is 0.903. The van der Waals surface area contributed by atoms with Crippen LogP contribution in [-0.4, -0.2) is 71.0 Å². The van der Waals surface area contributed by atoms with E-state index in [1.165, 1.54) is 0 Å². The van der Waals surface area contributed by atoms with Gasteiger partial charge in [0.1, 0.15) is 30.2 Å². The smallest absolute Gasteiger partial charge is 0.184 e. The van der Waals surface area contributed by atoms with Crippen molar-refractivity contribution < 1.29 is 34.6 Å². The first-order valence-corrected chi connectivity index (χ1v) is 9.73. The highest BCUT2D eigenvalue weighted by Gasteiger charge is 2.44. The third kappa shape index (κ3) is 7.37. The van der Waals surface area contributed by atoms with E-state index in [0.29, 0.717) is 6.61 Å². The number of unbranched alkanes of at least 4 members (excludes halogenated alkanes) is 5. The molecular formula is C20H32O7. The fourth-order valence-electron chi connectivity index (χ4n) is 3.10. The standard InChI is InChI=1S/C20H32O7/c21-14-16-17(22)19(18(23)20(24)27-16)26-13-9-4-2-1-3-8-12-25-15-10-6-5-7-11-15/h5-7,10-11,16-24H,1-4,8-9,12-14H2/t16-,17-,18-,19+,20?/m1/s1. The molecule has 2 rings (SSSR count). The van der Waals surface area contributed by atoms with Crippen LogP contribution in [0, 0.1) is 0 Å². The molecule has 4 N–H and O–H groups in total. The van der Waals surface area contributed by atoms with Gasteiger partial charge in [-0.05, 0) is 25.0 Å². The Labute approximate surface area is 160 Å². The van der Waals surface area contributed by atoms with Gasteiger partial charge in [0, 0.05) is 6.61 Å². The first kappa shape index (κ1) is 22.1. The van der Waals surface area contributed by atoms with E-state index < -0.39 is 37.3 Å². The molecule has 0 saturated carbocycles. The Morgan fingerprint density at radius 3 is 2.11 bits per heavy atom. The van der Waals surface area contributed by atoms with Gasteiger partial charge < -0.3 is 34.6 Å². The highest BCUT2D eigenvalue weighted by atomic mass is 16.6. The largest absolute Gasteiger partial charge is 0.494 e. The maximum atomic E-state index is 10.0. The molecule has 1 heterocycles. The third-order valence-electron chi connectivity index (χ3n) is 4.70. The second-order valence-electron chi connectivity index (χ2n) is 6.85. The fraction of sp³-hybridized carbons (Fsp3) is 0.700. The Morgan fingerprint density at radius 1 is 0.815 bits per heavy atom. The van der Waals surface area contributed by atoms with Crippen molar-refractivity contribution in [1.82, 2.24) is 0 Å². The van der Waals surface area contributed by atoms with Crippen molar-refractivity contribution in [3.63, 3.8) is 0 Å². The number of aliphatic hydroxyl groups is 4. The number of rotatable bonds is 12. The molecular weight excluding hydrogens is 352 g/mol. The molecule has 0 bridgehead atoms. The minimum Gasteiger partial charge on any atom is -0.494 e. The lowest BCUT2D eigenvalue weighted by atomic mass is 9.99. The molecule has 27 heavy (non-hydrogen) atoms. The van der Waals surface area contributed by atoms with Crippen molar-refractivity contribution in [3.8, 4) is 5.75 Å². The SMILES string of the molecule is OC[C@H]1OC(O)[C@H](O)[C@@H](OCCCCCCCCOc2ccccc2)[C@@H]1O. The summed E-state index contributed by atoms with van der Waals surface area (Å²) in [6.45, 7) is 0.653. The van der Waals surface area contributed by atoms with Crippen molar-refractivity contribution in [2.75, 3.05) is 19.8 Å². The monoisotopic (exact) mass is 384 g/mol. The van der Waals surface area contributed by atoms with Crippen LogP contribution < -0.4 is 4.74 Å². The summed E-state index contributed by atoms with van der Waals surface area (Å²) < 4.78 is 16.1. The summed E-state index contributed by atoms with van der Waals surface area (Å²) in [5.41, 5.74) is 0. The average molecular weight is 384 g/mol. The molecule has 0 radical (unpaired) electrons. The maximum Gasteiger partial charge on any atom is 0.184 e. The lowest BCUT2D eigenvalue weighted by Gasteiger charge is -2.39. The number of hydrogen-bond donors (Lipinski definition) is 4. The zero-order chi connectivity index (χ0) is 19.5. The third-order valence-corrected chi connectivity index (χ3v) is 4.70. The Kier molecular flexibility index (Phi) is 10.0. The first-order chi connectivity index (χ1) is 13.1. The molecule has 1 saturated heterocycles. The maximum absolute atomic E-state index is 10.0. The van der Waals surface area contributed by atoms with Gasteiger partial charge in [-0.15, -0.1) is 0 Å². The van der Waals surface area contributed by atoms with Gasteiger partial charge in [-0.25, -0.2) is 0 Å². The van der Waals surface area contributed by atoms with Gasteiger partial charge in [-0.2, -0.15) is 0 Å². The lowest BCUT2D eigenvalue weighted by Crippen LogP contribution is -2.59. The van der Waals surface area contributed by atoms with Gasteiger partial charge in [-0.3, -0.25) is 0 Å². The van der Waals surface area contributed by atoms with Crippen LogP contribution in [0.1, 0.15) is 38.5 Å². The van der Waals surface area contributed by atoms with E-state index in [2.05, 4.69) is 0 Å². The Hall–Kier alpha value is -1.22. The average Bonchev–Trinajstić information content (AvgIpc) is 2.69. The fourth-order valence-corrected chi connectivity index (χ4v) is 3.10. The van der Waals surface area contributed by atoms with Gasteiger partial charge >= 0.3 is 0 Å². The molecule has 1 aromatic rings. The zero-order valence-corrected chi connectivity index (χ0v) is 15.7. The predicted octanol–water partition coefficient (Wildman–Crippen LogP) is 1.22. The molecule has 7 nitrogen and oxygen atoms in total. The molecule has 1 unspecified atom stereocenters. The molecule has 0 aliphatic carbocycles. The van der Waals surface area contributed by atoms with Crippen LogP contribution in [0.3, 0.4) is 0 Å². The van der Waals surface area contributed by atoms with E-state index in [4.69, 9.17) is 19.3 Å². The molecule has 0 spiro atoms. The van der Waals surface area contributed by atoms with Crippen LogP contribution in [-0.2, 0) is 9.47 Å². The van der Waals surface area contributed by atoms with Crippen molar-refractivity contribution in [2.24, 2.45) is 0 Å². The van der Waals surface area contributed by atoms with E-state index in [1.54, 1.807) is 0 Å². The van der Waals surface area contributed by atoms with E-state index in [0.717, 1.165) is 50.9 Å². The van der Waals surface area contributed by atoms with E-state index in [9.17, 15) is 15.3 Å². The van der Waals surface area contributed by atoms with Gasteiger partial charge in [0.05, 0.1) is 13.2 Å². The van der Waals surface area contributed by atoms with Crippen molar-refractivity contribution in [2.45, 2.75) is 69.2 Å². The van der Waals surface area contributed by atoms with Gasteiger partial charge in [0.25, 0.3) is 0 Å². The lowest BCUT2D eigenvalue weighted by molar-refractivity contribution is -0.294. The summed E-state index contributed by atoms with van der Waals surface area (Å²) in [6, 6.07) is 9.79. The number of aliphatic hydroxyl groups excluding tert-OH is 4. The molecule has 1 aliphatic heterocycles. The van der Waals surface area contributed by atoms with Crippen molar-refractivity contribution in [3.05, 3.63) is 30.3 Å². The van der Waals surface area contributed by atoms with Crippen LogP contribution >= 0.6 is 0 Å². The quantitative estimate of drug-likeness (QED) is 0.401. The first-order valence-electron chi connectivity index (χ1n) is 9.73. The second-order valence-corrected chi connectivity index (χ2v) is 6.85.